The zero-order valence-electron chi connectivity index (χ0n) is 11.7. The molecule has 1 aliphatic rings. The predicted molar refractivity (Wildman–Crippen MR) is 65.0 cm³/mol. The summed E-state index contributed by atoms with van der Waals surface area (Å²) in [4.78, 5) is 20.3. The van der Waals surface area contributed by atoms with Crippen molar-refractivity contribution in [3.63, 3.8) is 0 Å². The van der Waals surface area contributed by atoms with Crippen LogP contribution in [0.25, 0.3) is 0 Å². The van der Waals surface area contributed by atoms with Crippen molar-refractivity contribution < 1.29 is 27.8 Å². The van der Waals surface area contributed by atoms with E-state index in [-0.39, 0.29) is 12.8 Å². The molecule has 1 N–H and O–H groups in total. The third-order valence-electron chi connectivity index (χ3n) is 2.05. The molecule has 0 bridgehead atoms. The Kier molecular flexibility index (Phi) is 6.72. The number of hydrogen-bond acceptors (Lipinski definition) is 4. The Hall–Kier alpha value is -1.40. The molecule has 112 valence electrons. The van der Waals surface area contributed by atoms with Crippen LogP contribution in [0.5, 0.6) is 0 Å². The third-order valence-corrected chi connectivity index (χ3v) is 2.05. The van der Waals surface area contributed by atoms with Crippen LogP contribution in [0, 0.1) is 0 Å². The molecule has 0 aromatic rings. The molecule has 19 heavy (non-hydrogen) atoms. The van der Waals surface area contributed by atoms with E-state index < -0.39 is 23.7 Å². The molecular weight excluding hydrogens is 260 g/mol. The van der Waals surface area contributed by atoms with Gasteiger partial charge in [-0.25, -0.2) is 13.6 Å². The second-order valence-electron chi connectivity index (χ2n) is 5.16. The molecule has 7 heteroatoms. The van der Waals surface area contributed by atoms with Gasteiger partial charge in [0.1, 0.15) is 5.60 Å². The molecule has 0 spiro atoms. The highest BCUT2D eigenvalue weighted by Gasteiger charge is 2.46. The number of ether oxygens (including phenoxy) is 2. The van der Waals surface area contributed by atoms with Crippen LogP contribution >= 0.6 is 0 Å². The Balaban J connectivity index is 0.000000555. The van der Waals surface area contributed by atoms with Crippen molar-refractivity contribution >= 4 is 12.6 Å². The van der Waals surface area contributed by atoms with Gasteiger partial charge in [-0.3, -0.25) is 4.79 Å². The van der Waals surface area contributed by atoms with Crippen LogP contribution in [-0.4, -0.2) is 36.7 Å². The predicted octanol–water partition coefficient (Wildman–Crippen LogP) is 2.49. The van der Waals surface area contributed by atoms with E-state index in [1.165, 1.54) is 0 Å². The molecule has 0 atom stereocenters. The maximum absolute atomic E-state index is 12.4. The van der Waals surface area contributed by atoms with Crippen LogP contribution < -0.4 is 5.32 Å². The molecule has 0 aromatic carbocycles. The molecule has 1 saturated carbocycles. The molecular formula is C12H21F2NO4. The lowest BCUT2D eigenvalue weighted by molar-refractivity contribution is -0.128. The first-order valence-corrected chi connectivity index (χ1v) is 6.02. The zero-order valence-corrected chi connectivity index (χ0v) is 11.7. The maximum Gasteiger partial charge on any atom is 0.407 e. The first kappa shape index (κ1) is 17.6. The minimum atomic E-state index is -2.61. The highest BCUT2D eigenvalue weighted by molar-refractivity contribution is 5.68. The highest BCUT2D eigenvalue weighted by atomic mass is 19.3. The van der Waals surface area contributed by atoms with Gasteiger partial charge in [0.15, 0.2) is 0 Å². The quantitative estimate of drug-likeness (QED) is 0.807. The van der Waals surface area contributed by atoms with E-state index in [4.69, 9.17) is 4.74 Å². The number of carbonyl (C=O) groups excluding carboxylic acids is 2. The average molecular weight is 281 g/mol. The molecule has 0 aromatic heterocycles. The summed E-state index contributed by atoms with van der Waals surface area (Å²) in [6.07, 6.45) is -1.20. The summed E-state index contributed by atoms with van der Waals surface area (Å²) < 4.78 is 33.8. The number of nitrogens with one attached hydrogen (secondary N) is 1. The SMILES string of the molecule is CC(C)(C)OC(=O)NC1CC(F)(F)C1.CCOC=O. The summed E-state index contributed by atoms with van der Waals surface area (Å²) in [6, 6.07) is -0.445. The summed E-state index contributed by atoms with van der Waals surface area (Å²) in [5, 5.41) is 2.39. The molecule has 1 fully saturated rings. The van der Waals surface area contributed by atoms with Gasteiger partial charge < -0.3 is 14.8 Å². The Bertz CT molecular complexity index is 295. The lowest BCUT2D eigenvalue weighted by Gasteiger charge is -2.35. The summed E-state index contributed by atoms with van der Waals surface area (Å²) in [5.74, 6) is -2.61. The number of amides is 1. The second-order valence-corrected chi connectivity index (χ2v) is 5.16. The van der Waals surface area contributed by atoms with Gasteiger partial charge in [0.05, 0.1) is 6.61 Å². The van der Waals surface area contributed by atoms with Crippen molar-refractivity contribution in [3.8, 4) is 0 Å². The molecule has 0 heterocycles. The van der Waals surface area contributed by atoms with Crippen molar-refractivity contribution in [2.75, 3.05) is 6.61 Å². The number of rotatable bonds is 3. The number of carbonyl (C=O) groups is 2. The van der Waals surface area contributed by atoms with Crippen LogP contribution in [-0.2, 0) is 14.3 Å². The molecule has 1 rings (SSSR count). The summed E-state index contributed by atoms with van der Waals surface area (Å²) in [5.41, 5.74) is -0.587. The van der Waals surface area contributed by atoms with Gasteiger partial charge in [-0.05, 0) is 27.7 Å². The van der Waals surface area contributed by atoms with Crippen molar-refractivity contribution in [2.24, 2.45) is 0 Å². The topological polar surface area (TPSA) is 64.6 Å². The second kappa shape index (κ2) is 7.25. The zero-order chi connectivity index (χ0) is 15.1. The molecule has 1 amide bonds. The van der Waals surface area contributed by atoms with E-state index >= 15 is 0 Å². The first-order valence-electron chi connectivity index (χ1n) is 6.02. The van der Waals surface area contributed by atoms with Crippen LogP contribution in [0.1, 0.15) is 40.5 Å². The van der Waals surface area contributed by atoms with Crippen LogP contribution in [0.15, 0.2) is 0 Å². The van der Waals surface area contributed by atoms with Crippen molar-refractivity contribution in [3.05, 3.63) is 0 Å². The largest absolute Gasteiger partial charge is 0.468 e. The average Bonchev–Trinajstić information content (AvgIpc) is 2.13. The number of alkyl carbamates (subject to hydrolysis) is 1. The van der Waals surface area contributed by atoms with Gasteiger partial charge in [-0.15, -0.1) is 0 Å². The number of hydrogen-bond donors (Lipinski definition) is 1. The van der Waals surface area contributed by atoms with Crippen molar-refractivity contribution in [1.29, 1.82) is 0 Å². The normalized spacial score (nSPS) is 17.4. The Morgan fingerprint density at radius 3 is 2.21 bits per heavy atom. The Morgan fingerprint density at radius 1 is 1.42 bits per heavy atom. The van der Waals surface area contributed by atoms with Gasteiger partial charge in [0, 0.05) is 18.9 Å². The molecule has 0 radical (unpaired) electrons. The van der Waals surface area contributed by atoms with Crippen molar-refractivity contribution in [2.45, 2.75) is 58.1 Å². The molecule has 0 unspecified atom stereocenters. The number of alkyl halides is 2. The van der Waals surface area contributed by atoms with Crippen LogP contribution in [0.3, 0.4) is 0 Å². The van der Waals surface area contributed by atoms with Gasteiger partial charge in [0.2, 0.25) is 0 Å². The van der Waals surface area contributed by atoms with Crippen LogP contribution in [0.2, 0.25) is 0 Å². The minimum absolute atomic E-state index is 0.285. The van der Waals surface area contributed by atoms with Crippen LogP contribution in [0.4, 0.5) is 13.6 Å². The monoisotopic (exact) mass is 281 g/mol. The lowest BCUT2D eigenvalue weighted by Crippen LogP contribution is -2.51. The summed E-state index contributed by atoms with van der Waals surface area (Å²) in [6.45, 7) is 7.84. The lowest BCUT2D eigenvalue weighted by atomic mass is 9.88. The van der Waals surface area contributed by atoms with Gasteiger partial charge in [0.25, 0.3) is 12.4 Å². The van der Waals surface area contributed by atoms with Gasteiger partial charge in [-0.1, -0.05) is 0 Å². The maximum atomic E-state index is 12.4. The van der Waals surface area contributed by atoms with E-state index in [0.717, 1.165) is 0 Å². The van der Waals surface area contributed by atoms with E-state index in [9.17, 15) is 18.4 Å². The van der Waals surface area contributed by atoms with Gasteiger partial charge in [-0.2, -0.15) is 0 Å². The molecule has 5 nitrogen and oxygen atoms in total. The third kappa shape index (κ3) is 9.21. The fraction of sp³-hybridized carbons (Fsp3) is 0.833. The van der Waals surface area contributed by atoms with E-state index in [2.05, 4.69) is 10.1 Å². The van der Waals surface area contributed by atoms with Crippen molar-refractivity contribution in [1.82, 2.24) is 5.32 Å². The molecule has 0 saturated heterocycles. The summed E-state index contributed by atoms with van der Waals surface area (Å²) >= 11 is 0. The smallest absolute Gasteiger partial charge is 0.407 e. The van der Waals surface area contributed by atoms with E-state index in [1.54, 1.807) is 27.7 Å². The molecule has 1 aliphatic carbocycles. The Morgan fingerprint density at radius 2 is 1.95 bits per heavy atom. The molecule has 0 aliphatic heterocycles. The van der Waals surface area contributed by atoms with Gasteiger partial charge >= 0.3 is 6.09 Å². The fourth-order valence-electron chi connectivity index (χ4n) is 1.31. The minimum Gasteiger partial charge on any atom is -0.468 e. The first-order chi connectivity index (χ1) is 8.59. The highest BCUT2D eigenvalue weighted by Crippen LogP contribution is 2.37. The Labute approximate surface area is 111 Å². The number of halogens is 2. The summed E-state index contributed by atoms with van der Waals surface area (Å²) in [7, 11) is 0. The van der Waals surface area contributed by atoms with E-state index in [0.29, 0.717) is 13.1 Å². The fourth-order valence-corrected chi connectivity index (χ4v) is 1.31. The standard InChI is InChI=1S/C9H15F2NO2.C3H6O2/c1-8(2,3)14-7(13)12-6-4-9(10,11)5-6;1-2-5-3-4/h6H,4-5H2,1-3H3,(H,12,13);3H,2H2,1H3. The van der Waals surface area contributed by atoms with E-state index in [1.807, 2.05) is 0 Å².